The highest BCUT2D eigenvalue weighted by molar-refractivity contribution is 9.10. The maximum Gasteiger partial charge on any atom is 0.339 e. The van der Waals surface area contributed by atoms with E-state index in [0.29, 0.717) is 38.7 Å². The molecule has 9 nitrogen and oxygen atoms in total. The first kappa shape index (κ1) is 28.3. The molecule has 37 heavy (non-hydrogen) atoms. The van der Waals surface area contributed by atoms with Crippen molar-refractivity contribution in [2.45, 2.75) is 18.7 Å². The number of rotatable bonds is 11. The van der Waals surface area contributed by atoms with Crippen molar-refractivity contribution in [2.24, 2.45) is 5.10 Å². The second-order valence-electron chi connectivity index (χ2n) is 7.25. The van der Waals surface area contributed by atoms with E-state index in [1.54, 1.807) is 31.2 Å². The minimum Gasteiger partial charge on any atom is -0.493 e. The van der Waals surface area contributed by atoms with Gasteiger partial charge < -0.3 is 18.4 Å². The molecule has 0 aliphatic heterocycles. The van der Waals surface area contributed by atoms with Gasteiger partial charge in [-0.25, -0.2) is 5.43 Å². The van der Waals surface area contributed by atoms with Crippen molar-refractivity contribution in [1.29, 1.82) is 0 Å². The maximum absolute atomic E-state index is 12.8. The van der Waals surface area contributed by atoms with Crippen LogP contribution in [0.2, 0.25) is 5.02 Å². The van der Waals surface area contributed by atoms with Crippen molar-refractivity contribution >= 4 is 49.8 Å². The lowest BCUT2D eigenvalue weighted by atomic mass is 10.2. The predicted octanol–water partition coefficient (Wildman–Crippen LogP) is 5.44. The fraction of sp³-hybridized carbons (Fsp3) is 0.200. The molecule has 0 saturated heterocycles. The molecule has 0 atom stereocenters. The average Bonchev–Trinajstić information content (AvgIpc) is 2.87. The first-order valence-corrected chi connectivity index (χ1v) is 13.6. The molecule has 0 fully saturated rings. The van der Waals surface area contributed by atoms with Crippen molar-refractivity contribution in [2.75, 3.05) is 20.3 Å². The van der Waals surface area contributed by atoms with Gasteiger partial charge in [0.1, 0.15) is 4.90 Å². The van der Waals surface area contributed by atoms with Crippen molar-refractivity contribution in [1.82, 2.24) is 5.43 Å². The normalized spacial score (nSPS) is 11.3. The zero-order chi connectivity index (χ0) is 27.0. The number of hydrazone groups is 1. The summed E-state index contributed by atoms with van der Waals surface area (Å²) in [4.78, 5) is 12.5. The largest absolute Gasteiger partial charge is 0.493 e. The molecule has 196 valence electrons. The summed E-state index contributed by atoms with van der Waals surface area (Å²) in [6.07, 6.45) is 1.38. The third-order valence-electron chi connectivity index (χ3n) is 4.73. The topological polar surface area (TPSA) is 113 Å². The summed E-state index contributed by atoms with van der Waals surface area (Å²) in [7, 11) is -2.67. The Labute approximate surface area is 228 Å². The molecule has 0 heterocycles. The summed E-state index contributed by atoms with van der Waals surface area (Å²) in [5.74, 6) is 0.625. The van der Waals surface area contributed by atoms with Crippen LogP contribution in [0.5, 0.6) is 23.0 Å². The molecular weight excluding hydrogens is 588 g/mol. The molecule has 0 unspecified atom stereocenters. The van der Waals surface area contributed by atoms with Gasteiger partial charge in [0.15, 0.2) is 23.0 Å². The number of methoxy groups -OCH3 is 1. The monoisotopic (exact) mass is 610 g/mol. The lowest BCUT2D eigenvalue weighted by molar-refractivity contribution is 0.0954. The summed E-state index contributed by atoms with van der Waals surface area (Å²) in [6, 6.07) is 13.5. The highest BCUT2D eigenvalue weighted by Crippen LogP contribution is 2.38. The summed E-state index contributed by atoms with van der Waals surface area (Å²) >= 11 is 9.18. The van der Waals surface area contributed by atoms with E-state index in [9.17, 15) is 13.2 Å². The van der Waals surface area contributed by atoms with E-state index >= 15 is 0 Å². The van der Waals surface area contributed by atoms with Gasteiger partial charge in [0.05, 0.1) is 31.0 Å². The minimum atomic E-state index is -4.16. The van der Waals surface area contributed by atoms with Gasteiger partial charge in [-0.3, -0.25) is 4.79 Å². The minimum absolute atomic E-state index is 0.0283. The number of benzene rings is 3. The Morgan fingerprint density at radius 1 is 1.00 bits per heavy atom. The zero-order valence-corrected chi connectivity index (χ0v) is 23.3. The third kappa shape index (κ3) is 7.37. The van der Waals surface area contributed by atoms with E-state index in [1.807, 2.05) is 6.92 Å². The van der Waals surface area contributed by atoms with Crippen LogP contribution in [0.15, 0.2) is 69.1 Å². The van der Waals surface area contributed by atoms with Crippen LogP contribution in [0.1, 0.15) is 29.8 Å². The zero-order valence-electron chi connectivity index (χ0n) is 20.2. The number of amides is 1. The fourth-order valence-electron chi connectivity index (χ4n) is 3.08. The van der Waals surface area contributed by atoms with E-state index in [2.05, 4.69) is 26.5 Å². The lowest BCUT2D eigenvalue weighted by Gasteiger charge is -2.14. The van der Waals surface area contributed by atoms with Crippen molar-refractivity contribution < 1.29 is 31.6 Å². The summed E-state index contributed by atoms with van der Waals surface area (Å²) in [5.41, 5.74) is 3.27. The van der Waals surface area contributed by atoms with Crippen LogP contribution in [-0.4, -0.2) is 40.9 Å². The number of carbonyl (C=O) groups excluding carboxylic acids is 1. The molecule has 0 saturated carbocycles. The Hall–Kier alpha value is -3.28. The average molecular weight is 612 g/mol. The van der Waals surface area contributed by atoms with Gasteiger partial charge in [-0.15, -0.1) is 0 Å². The molecule has 12 heteroatoms. The maximum atomic E-state index is 12.8. The Morgan fingerprint density at radius 3 is 2.32 bits per heavy atom. The Balaban J connectivity index is 1.79. The second kappa shape index (κ2) is 12.8. The lowest BCUT2D eigenvalue weighted by Crippen LogP contribution is -2.17. The highest BCUT2D eigenvalue weighted by Gasteiger charge is 2.22. The molecule has 3 rings (SSSR count). The van der Waals surface area contributed by atoms with Crippen LogP contribution < -0.4 is 23.8 Å². The Morgan fingerprint density at radius 2 is 1.68 bits per heavy atom. The van der Waals surface area contributed by atoms with Gasteiger partial charge in [0, 0.05) is 10.6 Å². The van der Waals surface area contributed by atoms with Gasteiger partial charge in [0.25, 0.3) is 5.91 Å². The second-order valence-corrected chi connectivity index (χ2v) is 10.1. The van der Waals surface area contributed by atoms with Gasteiger partial charge in [-0.2, -0.15) is 13.5 Å². The Kier molecular flexibility index (Phi) is 9.79. The van der Waals surface area contributed by atoms with Crippen LogP contribution in [0.25, 0.3) is 0 Å². The van der Waals surface area contributed by atoms with Gasteiger partial charge in [-0.05, 0) is 89.9 Å². The first-order valence-electron chi connectivity index (χ1n) is 11.0. The molecule has 0 spiro atoms. The van der Waals surface area contributed by atoms with Crippen LogP contribution >= 0.6 is 27.5 Å². The molecule has 0 aromatic heterocycles. The number of nitrogens with zero attached hydrogens (tertiary/aromatic N) is 1. The molecule has 1 N–H and O–H groups in total. The van der Waals surface area contributed by atoms with E-state index < -0.39 is 16.0 Å². The molecule has 3 aromatic carbocycles. The third-order valence-corrected chi connectivity index (χ3v) is 6.81. The number of nitrogens with one attached hydrogen (secondary N) is 1. The number of halogens is 2. The van der Waals surface area contributed by atoms with Crippen LogP contribution in [0.3, 0.4) is 0 Å². The summed E-state index contributed by atoms with van der Waals surface area (Å²) in [6.45, 7) is 4.31. The molecule has 1 amide bonds. The fourth-order valence-corrected chi connectivity index (χ4v) is 4.81. The van der Waals surface area contributed by atoms with Crippen LogP contribution in [0, 0.1) is 0 Å². The van der Waals surface area contributed by atoms with Crippen LogP contribution in [-0.2, 0) is 10.1 Å². The first-order chi connectivity index (χ1) is 17.7. The standard InChI is InChI=1S/C25H24BrClN2O7S/c1-4-34-21-11-6-17(14-22(21)33-3)25(30)29-28-15-16-12-20(26)24(23(13-16)35-5-2)36-37(31,32)19-9-7-18(27)8-10-19/h6-15H,4-5H2,1-3H3,(H,29,30)/b28-15+. The van der Waals surface area contributed by atoms with Crippen molar-refractivity contribution in [3.8, 4) is 23.0 Å². The summed E-state index contributed by atoms with van der Waals surface area (Å²) < 4.78 is 47.5. The molecular formula is C25H24BrClN2O7S. The van der Waals surface area contributed by atoms with E-state index in [4.69, 9.17) is 30.0 Å². The number of hydrogen-bond acceptors (Lipinski definition) is 8. The van der Waals surface area contributed by atoms with E-state index in [-0.39, 0.29) is 23.0 Å². The number of ether oxygens (including phenoxy) is 3. The van der Waals surface area contributed by atoms with Gasteiger partial charge >= 0.3 is 10.1 Å². The SMILES string of the molecule is CCOc1ccc(C(=O)N/N=C/c2cc(Br)c(OS(=O)(=O)c3ccc(Cl)cc3)c(OCC)c2)cc1OC. The van der Waals surface area contributed by atoms with Crippen molar-refractivity contribution in [3.63, 3.8) is 0 Å². The van der Waals surface area contributed by atoms with E-state index in [1.165, 1.54) is 43.7 Å². The molecule has 0 aliphatic rings. The number of carbonyl (C=O) groups is 1. The quantitative estimate of drug-likeness (QED) is 0.175. The van der Waals surface area contributed by atoms with Gasteiger partial charge in [0.2, 0.25) is 0 Å². The molecule has 0 bridgehead atoms. The molecule has 3 aromatic rings. The highest BCUT2D eigenvalue weighted by atomic mass is 79.9. The molecule has 0 radical (unpaired) electrons. The Bertz CT molecular complexity index is 1400. The number of hydrogen-bond donors (Lipinski definition) is 1. The van der Waals surface area contributed by atoms with Crippen LogP contribution in [0.4, 0.5) is 0 Å². The van der Waals surface area contributed by atoms with Gasteiger partial charge in [-0.1, -0.05) is 11.6 Å². The van der Waals surface area contributed by atoms with E-state index in [0.717, 1.165) is 0 Å². The molecule has 0 aliphatic carbocycles. The smallest absolute Gasteiger partial charge is 0.339 e. The van der Waals surface area contributed by atoms with Crippen molar-refractivity contribution in [3.05, 3.63) is 75.2 Å². The summed E-state index contributed by atoms with van der Waals surface area (Å²) in [5, 5.41) is 4.39. The predicted molar refractivity (Wildman–Crippen MR) is 144 cm³/mol.